The maximum Gasteiger partial charge on any atom is 0.244 e. The van der Waals surface area contributed by atoms with Gasteiger partial charge in [-0.2, -0.15) is 0 Å². The third-order valence-corrected chi connectivity index (χ3v) is 2.78. The molecule has 1 atom stereocenters. The molecule has 0 fully saturated rings. The van der Waals surface area contributed by atoms with Gasteiger partial charge in [-0.1, -0.05) is 48.0 Å². The molecule has 0 heterocycles. The standard InChI is InChI=1S/C15H16N2O/c1-11-7-9-13(10-8-11)17-14(15(16)18)12-5-3-2-4-6-12/h2-10,14,17H,1H3,(H2,16,18)/t14-/m0/s1. The molecular weight excluding hydrogens is 224 g/mol. The zero-order valence-corrected chi connectivity index (χ0v) is 10.3. The summed E-state index contributed by atoms with van der Waals surface area (Å²) in [5.74, 6) is -0.387. The zero-order chi connectivity index (χ0) is 13.0. The van der Waals surface area contributed by atoms with Gasteiger partial charge < -0.3 is 11.1 Å². The Labute approximate surface area is 107 Å². The van der Waals surface area contributed by atoms with E-state index in [4.69, 9.17) is 5.73 Å². The van der Waals surface area contributed by atoms with Crippen LogP contribution in [0.2, 0.25) is 0 Å². The minimum absolute atomic E-state index is 0.387. The summed E-state index contributed by atoms with van der Waals surface area (Å²) in [7, 11) is 0. The largest absolute Gasteiger partial charge is 0.370 e. The van der Waals surface area contributed by atoms with Crippen molar-refractivity contribution in [2.24, 2.45) is 5.73 Å². The highest BCUT2D eigenvalue weighted by atomic mass is 16.1. The molecule has 0 saturated carbocycles. The van der Waals surface area contributed by atoms with Gasteiger partial charge in [-0.15, -0.1) is 0 Å². The van der Waals surface area contributed by atoms with Crippen molar-refractivity contribution in [2.45, 2.75) is 13.0 Å². The van der Waals surface area contributed by atoms with Crippen LogP contribution in [0.5, 0.6) is 0 Å². The van der Waals surface area contributed by atoms with Crippen LogP contribution >= 0.6 is 0 Å². The lowest BCUT2D eigenvalue weighted by Crippen LogP contribution is -2.27. The third-order valence-electron chi connectivity index (χ3n) is 2.78. The second-order valence-corrected chi connectivity index (χ2v) is 4.26. The number of aryl methyl sites for hydroxylation is 1. The maximum atomic E-state index is 11.5. The fourth-order valence-corrected chi connectivity index (χ4v) is 1.78. The molecule has 0 spiro atoms. The van der Waals surface area contributed by atoms with Gasteiger partial charge in [0.25, 0.3) is 0 Å². The van der Waals surface area contributed by atoms with Gasteiger partial charge in [0.2, 0.25) is 5.91 Å². The second-order valence-electron chi connectivity index (χ2n) is 4.26. The van der Waals surface area contributed by atoms with Crippen molar-refractivity contribution < 1.29 is 4.79 Å². The maximum absolute atomic E-state index is 11.5. The van der Waals surface area contributed by atoms with Crippen molar-refractivity contribution in [3.05, 3.63) is 65.7 Å². The number of rotatable bonds is 4. The fraction of sp³-hybridized carbons (Fsp3) is 0.133. The van der Waals surface area contributed by atoms with E-state index in [-0.39, 0.29) is 5.91 Å². The number of benzene rings is 2. The van der Waals surface area contributed by atoms with Crippen LogP contribution in [0, 0.1) is 6.92 Å². The van der Waals surface area contributed by atoms with Crippen molar-refractivity contribution in [2.75, 3.05) is 5.32 Å². The van der Waals surface area contributed by atoms with Crippen molar-refractivity contribution in [3.8, 4) is 0 Å². The second kappa shape index (κ2) is 5.36. The first-order chi connectivity index (χ1) is 8.66. The van der Waals surface area contributed by atoms with Gasteiger partial charge in [0, 0.05) is 5.69 Å². The first-order valence-electron chi connectivity index (χ1n) is 5.84. The van der Waals surface area contributed by atoms with Crippen LogP contribution in [0.25, 0.3) is 0 Å². The molecular formula is C15H16N2O. The van der Waals surface area contributed by atoms with Gasteiger partial charge in [-0.3, -0.25) is 4.79 Å². The number of carbonyl (C=O) groups excluding carboxylic acids is 1. The van der Waals surface area contributed by atoms with E-state index in [0.717, 1.165) is 11.3 Å². The van der Waals surface area contributed by atoms with Crippen LogP contribution in [0.1, 0.15) is 17.2 Å². The molecule has 0 radical (unpaired) electrons. The summed E-state index contributed by atoms with van der Waals surface area (Å²) in [4.78, 5) is 11.5. The molecule has 0 unspecified atom stereocenters. The molecule has 2 rings (SSSR count). The molecule has 0 saturated heterocycles. The Morgan fingerprint density at radius 2 is 1.67 bits per heavy atom. The number of hydrogen-bond acceptors (Lipinski definition) is 2. The highest BCUT2D eigenvalue weighted by Gasteiger charge is 2.16. The monoisotopic (exact) mass is 240 g/mol. The van der Waals surface area contributed by atoms with Gasteiger partial charge in [0.15, 0.2) is 0 Å². The normalized spacial score (nSPS) is 11.8. The Hall–Kier alpha value is -2.29. The van der Waals surface area contributed by atoms with Gasteiger partial charge in [0.05, 0.1) is 0 Å². The number of anilines is 1. The average Bonchev–Trinajstić information content (AvgIpc) is 2.38. The minimum Gasteiger partial charge on any atom is -0.370 e. The molecule has 0 aliphatic rings. The van der Waals surface area contributed by atoms with Crippen molar-refractivity contribution in [1.82, 2.24) is 0 Å². The molecule has 18 heavy (non-hydrogen) atoms. The van der Waals surface area contributed by atoms with Crippen LogP contribution in [0.15, 0.2) is 54.6 Å². The summed E-state index contributed by atoms with van der Waals surface area (Å²) in [6, 6.07) is 16.8. The lowest BCUT2D eigenvalue weighted by molar-refractivity contribution is -0.118. The van der Waals surface area contributed by atoms with E-state index in [1.54, 1.807) is 0 Å². The molecule has 0 aliphatic carbocycles. The Balaban J connectivity index is 2.22. The number of carbonyl (C=O) groups is 1. The van der Waals surface area contributed by atoms with Gasteiger partial charge in [0.1, 0.15) is 6.04 Å². The summed E-state index contributed by atoms with van der Waals surface area (Å²) in [6.45, 7) is 2.02. The summed E-state index contributed by atoms with van der Waals surface area (Å²) >= 11 is 0. The number of primary amides is 1. The van der Waals surface area contributed by atoms with E-state index >= 15 is 0 Å². The summed E-state index contributed by atoms with van der Waals surface area (Å²) < 4.78 is 0. The van der Waals surface area contributed by atoms with Crippen molar-refractivity contribution in [3.63, 3.8) is 0 Å². The van der Waals surface area contributed by atoms with Crippen LogP contribution in [-0.4, -0.2) is 5.91 Å². The highest BCUT2D eigenvalue weighted by Crippen LogP contribution is 2.19. The molecule has 92 valence electrons. The lowest BCUT2D eigenvalue weighted by Gasteiger charge is -2.17. The molecule has 0 aromatic heterocycles. The zero-order valence-electron chi connectivity index (χ0n) is 10.3. The Morgan fingerprint density at radius 1 is 1.06 bits per heavy atom. The van der Waals surface area contributed by atoms with Crippen molar-refractivity contribution >= 4 is 11.6 Å². The van der Waals surface area contributed by atoms with Crippen LogP contribution in [-0.2, 0) is 4.79 Å². The predicted octanol–water partition coefficient (Wildman–Crippen LogP) is 2.63. The molecule has 3 heteroatoms. The van der Waals surface area contributed by atoms with Gasteiger partial charge in [-0.05, 0) is 24.6 Å². The SMILES string of the molecule is Cc1ccc(N[C@H](C(N)=O)c2ccccc2)cc1. The Morgan fingerprint density at radius 3 is 2.22 bits per heavy atom. The number of nitrogens with one attached hydrogen (secondary N) is 1. The van der Waals surface area contributed by atoms with E-state index in [9.17, 15) is 4.79 Å². The molecule has 3 N–H and O–H groups in total. The van der Waals surface area contributed by atoms with Crippen molar-refractivity contribution in [1.29, 1.82) is 0 Å². The van der Waals surface area contributed by atoms with Crippen LogP contribution in [0.4, 0.5) is 5.69 Å². The van der Waals surface area contributed by atoms with Crippen LogP contribution < -0.4 is 11.1 Å². The topological polar surface area (TPSA) is 55.1 Å². The third kappa shape index (κ3) is 2.88. The van der Waals surface area contributed by atoms with Crippen LogP contribution in [0.3, 0.4) is 0 Å². The van der Waals surface area contributed by atoms with E-state index in [0.29, 0.717) is 0 Å². The average molecular weight is 240 g/mol. The molecule has 2 aromatic carbocycles. The van der Waals surface area contributed by atoms with Gasteiger partial charge >= 0.3 is 0 Å². The van der Waals surface area contributed by atoms with E-state index < -0.39 is 6.04 Å². The molecule has 3 nitrogen and oxygen atoms in total. The quantitative estimate of drug-likeness (QED) is 0.863. The number of nitrogens with two attached hydrogens (primary N) is 1. The first kappa shape index (κ1) is 12.2. The fourth-order valence-electron chi connectivity index (χ4n) is 1.78. The van der Waals surface area contributed by atoms with E-state index in [2.05, 4.69) is 5.32 Å². The molecule has 0 aliphatic heterocycles. The summed E-state index contributed by atoms with van der Waals surface area (Å²) in [5.41, 5.74) is 8.37. The number of amides is 1. The Kier molecular flexibility index (Phi) is 3.63. The Bertz CT molecular complexity index is 520. The summed E-state index contributed by atoms with van der Waals surface area (Å²) in [5, 5.41) is 3.15. The number of hydrogen-bond donors (Lipinski definition) is 2. The highest BCUT2D eigenvalue weighted by molar-refractivity contribution is 5.84. The van der Waals surface area contributed by atoms with Gasteiger partial charge in [-0.25, -0.2) is 0 Å². The van der Waals surface area contributed by atoms with E-state index in [1.807, 2.05) is 61.5 Å². The molecule has 2 aromatic rings. The minimum atomic E-state index is -0.506. The molecule has 0 bridgehead atoms. The predicted molar refractivity (Wildman–Crippen MR) is 73.2 cm³/mol. The summed E-state index contributed by atoms with van der Waals surface area (Å²) in [6.07, 6.45) is 0. The lowest BCUT2D eigenvalue weighted by atomic mass is 10.1. The first-order valence-corrected chi connectivity index (χ1v) is 5.84. The van der Waals surface area contributed by atoms with E-state index in [1.165, 1.54) is 5.56 Å². The smallest absolute Gasteiger partial charge is 0.244 e. The molecule has 1 amide bonds.